The molecular formula is C21H31N3O8P3S+. The summed E-state index contributed by atoms with van der Waals surface area (Å²) in [5.74, 6) is 1.27. The molecule has 0 fully saturated rings. The van der Waals surface area contributed by atoms with Crippen LogP contribution in [-0.2, 0) is 39.0 Å². The van der Waals surface area contributed by atoms with Crippen LogP contribution in [0.4, 0.5) is 5.69 Å². The Bertz CT molecular complexity index is 1070. The number of ether oxygens (including phenoxy) is 1. The summed E-state index contributed by atoms with van der Waals surface area (Å²) < 4.78 is 58.3. The van der Waals surface area contributed by atoms with E-state index in [2.05, 4.69) is 5.10 Å². The van der Waals surface area contributed by atoms with E-state index >= 15 is 0 Å². The summed E-state index contributed by atoms with van der Waals surface area (Å²) in [7, 11) is 0.0279. The highest BCUT2D eigenvalue weighted by Gasteiger charge is 2.32. The number of hydrogen-bond donors (Lipinski definition) is 0. The molecule has 11 nitrogen and oxygen atoms in total. The number of hydrazone groups is 1. The lowest BCUT2D eigenvalue weighted by atomic mass is 10.2. The molecule has 0 bridgehead atoms. The van der Waals surface area contributed by atoms with Crippen LogP contribution in [0.2, 0.25) is 0 Å². The predicted molar refractivity (Wildman–Crippen MR) is 145 cm³/mol. The van der Waals surface area contributed by atoms with Gasteiger partial charge >= 0.3 is 22.3 Å². The molecule has 0 saturated heterocycles. The molecule has 0 aliphatic rings. The van der Waals surface area contributed by atoms with E-state index in [1.54, 1.807) is 54.3 Å². The van der Waals surface area contributed by atoms with E-state index in [4.69, 9.17) is 39.2 Å². The van der Waals surface area contributed by atoms with Crippen molar-refractivity contribution in [3.05, 3.63) is 54.1 Å². The Labute approximate surface area is 217 Å². The molecule has 0 amide bonds. The second-order valence-corrected chi connectivity index (χ2v) is 13.7. The summed E-state index contributed by atoms with van der Waals surface area (Å²) in [5, 5.41) is 4.35. The maximum atomic E-state index is 12.8. The highest BCUT2D eigenvalue weighted by atomic mass is 32.4. The molecule has 1 atom stereocenters. The first kappa shape index (κ1) is 30.4. The third-order valence-electron chi connectivity index (χ3n) is 4.91. The lowest BCUT2D eigenvalue weighted by Crippen LogP contribution is -2.27. The standard InChI is InChI=1S/C21H31N3O8P3S/c1-23(22-15-18-7-11-20(27-2)12-8-18)33(36)32-21-13-9-19(10-14-21)24(16-34(25,28-3)29-4)17-35(26,30-5)31-6/h7-15H,16-17H2,1-6H3/q+1/b22-15-. The van der Waals surface area contributed by atoms with Crippen molar-refractivity contribution < 1.29 is 36.5 Å². The van der Waals surface area contributed by atoms with Crippen molar-refractivity contribution in [2.45, 2.75) is 0 Å². The van der Waals surface area contributed by atoms with Crippen LogP contribution >= 0.6 is 22.3 Å². The van der Waals surface area contributed by atoms with E-state index in [9.17, 15) is 9.13 Å². The molecule has 0 aromatic heterocycles. The van der Waals surface area contributed by atoms with Gasteiger partial charge in [-0.05, 0) is 54.1 Å². The van der Waals surface area contributed by atoms with E-state index < -0.39 is 22.3 Å². The number of benzene rings is 2. The molecule has 0 spiro atoms. The summed E-state index contributed by atoms with van der Waals surface area (Å²) in [6, 6.07) is 14.3. The van der Waals surface area contributed by atoms with Gasteiger partial charge in [0.05, 0.1) is 20.4 Å². The van der Waals surface area contributed by atoms with Crippen molar-refractivity contribution in [3.8, 4) is 11.5 Å². The molecule has 0 N–H and O–H groups in total. The normalized spacial score (nSPS) is 12.4. The van der Waals surface area contributed by atoms with Crippen molar-refractivity contribution in [2.24, 2.45) is 5.10 Å². The molecule has 0 saturated carbocycles. The second-order valence-electron chi connectivity index (χ2n) is 7.10. The number of rotatable bonds is 15. The van der Waals surface area contributed by atoms with Gasteiger partial charge < -0.3 is 27.7 Å². The van der Waals surface area contributed by atoms with Gasteiger partial charge in [-0.15, -0.1) is 5.10 Å². The van der Waals surface area contributed by atoms with Crippen molar-refractivity contribution >= 4 is 46.0 Å². The third-order valence-corrected chi connectivity index (χ3v) is 10.4. The number of nitrogens with zero attached hydrogens (tertiary/aromatic N) is 3. The van der Waals surface area contributed by atoms with Crippen LogP contribution in [0.25, 0.3) is 0 Å². The fourth-order valence-electron chi connectivity index (χ4n) is 2.76. The van der Waals surface area contributed by atoms with Crippen LogP contribution in [0.5, 0.6) is 11.5 Å². The minimum atomic E-state index is -3.48. The molecular weight excluding hydrogens is 547 g/mol. The molecule has 0 radical (unpaired) electrons. The Hall–Kier alpha value is -1.87. The minimum absolute atomic E-state index is 0.173. The zero-order valence-electron chi connectivity index (χ0n) is 21.0. The second kappa shape index (κ2) is 14.2. The number of methoxy groups -OCH3 is 1. The summed E-state index contributed by atoms with van der Waals surface area (Å²) in [5.41, 5.74) is 1.46. The van der Waals surface area contributed by atoms with Crippen molar-refractivity contribution in [3.63, 3.8) is 0 Å². The van der Waals surface area contributed by atoms with Crippen LogP contribution in [0.1, 0.15) is 5.56 Å². The molecule has 1 unspecified atom stereocenters. The number of hydrogen-bond acceptors (Lipinski definition) is 11. The average molecular weight is 578 g/mol. The van der Waals surface area contributed by atoms with Gasteiger partial charge in [0.1, 0.15) is 18.3 Å². The SMILES string of the molecule is COc1ccc(/C=N\N(C)[P+](=S)Oc2ccc(N(CP(=O)(OC)OC)CP(=O)(OC)OC)cc2)cc1. The third kappa shape index (κ3) is 8.91. The summed E-state index contributed by atoms with van der Waals surface area (Å²) >= 11 is 5.47. The Morgan fingerprint density at radius 3 is 1.75 bits per heavy atom. The van der Waals surface area contributed by atoms with Gasteiger partial charge in [0.2, 0.25) is 11.8 Å². The monoisotopic (exact) mass is 578 g/mol. The van der Waals surface area contributed by atoms with E-state index in [0.29, 0.717) is 11.4 Å². The molecule has 2 aromatic rings. The highest BCUT2D eigenvalue weighted by Crippen LogP contribution is 2.52. The van der Waals surface area contributed by atoms with Gasteiger partial charge in [-0.25, -0.2) is 0 Å². The van der Waals surface area contributed by atoms with Gasteiger partial charge in [-0.1, -0.05) is 4.78 Å². The smallest absolute Gasteiger partial charge is 0.497 e. The van der Waals surface area contributed by atoms with Crippen LogP contribution in [0, 0.1) is 0 Å². The van der Waals surface area contributed by atoms with Crippen LogP contribution in [0.15, 0.2) is 53.6 Å². The molecule has 198 valence electrons. The van der Waals surface area contributed by atoms with E-state index in [1.165, 1.54) is 28.4 Å². The summed E-state index contributed by atoms with van der Waals surface area (Å²) in [6.45, 7) is 0. The van der Waals surface area contributed by atoms with E-state index in [0.717, 1.165) is 11.3 Å². The maximum Gasteiger partial charge on any atom is 0.540 e. The van der Waals surface area contributed by atoms with Gasteiger partial charge in [0.25, 0.3) is 0 Å². The Kier molecular flexibility index (Phi) is 11.9. The van der Waals surface area contributed by atoms with Gasteiger partial charge in [-0.3, -0.25) is 13.7 Å². The van der Waals surface area contributed by atoms with Gasteiger partial charge in [0.15, 0.2) is 5.75 Å². The summed E-state index contributed by atoms with van der Waals surface area (Å²) in [4.78, 5) is 1.55. The maximum absolute atomic E-state index is 12.8. The zero-order chi connectivity index (χ0) is 26.8. The van der Waals surface area contributed by atoms with E-state index in [1.807, 2.05) is 24.3 Å². The molecule has 0 aliphatic heterocycles. The lowest BCUT2D eigenvalue weighted by molar-refractivity contribution is 0.270. The highest BCUT2D eigenvalue weighted by molar-refractivity contribution is 8.02. The largest absolute Gasteiger partial charge is 0.540 e. The predicted octanol–water partition coefficient (Wildman–Crippen LogP) is 5.51. The lowest BCUT2D eigenvalue weighted by Gasteiger charge is -2.29. The first-order valence-electron chi connectivity index (χ1n) is 10.4. The van der Waals surface area contributed by atoms with Crippen molar-refractivity contribution in [1.29, 1.82) is 0 Å². The molecule has 36 heavy (non-hydrogen) atoms. The summed E-state index contributed by atoms with van der Waals surface area (Å²) in [6.07, 6.45) is 1.33. The molecule has 2 rings (SSSR count). The zero-order valence-corrected chi connectivity index (χ0v) is 24.5. The molecule has 2 aromatic carbocycles. The Morgan fingerprint density at radius 2 is 1.31 bits per heavy atom. The number of anilines is 1. The quantitative estimate of drug-likeness (QED) is 0.152. The molecule has 15 heteroatoms. The first-order valence-corrected chi connectivity index (χ1v) is 16.1. The van der Waals surface area contributed by atoms with Crippen LogP contribution in [0.3, 0.4) is 0 Å². The fourth-order valence-corrected chi connectivity index (χ4v) is 5.98. The van der Waals surface area contributed by atoms with Gasteiger partial charge in [-0.2, -0.15) is 0 Å². The van der Waals surface area contributed by atoms with Crippen molar-refractivity contribution in [2.75, 3.05) is 60.1 Å². The Morgan fingerprint density at radius 1 is 0.833 bits per heavy atom. The van der Waals surface area contributed by atoms with Crippen LogP contribution in [-0.4, -0.2) is 66.2 Å². The molecule has 0 heterocycles. The fraction of sp³-hybridized carbons (Fsp3) is 0.381. The minimum Gasteiger partial charge on any atom is -0.497 e. The van der Waals surface area contributed by atoms with Crippen molar-refractivity contribution in [1.82, 2.24) is 4.78 Å². The average Bonchev–Trinajstić information content (AvgIpc) is 2.91. The Balaban J connectivity index is 2.13. The van der Waals surface area contributed by atoms with E-state index in [-0.39, 0.29) is 12.6 Å². The topological polar surface area (TPSA) is 108 Å². The van der Waals surface area contributed by atoms with Gasteiger partial charge in [0, 0.05) is 34.1 Å². The van der Waals surface area contributed by atoms with Crippen LogP contribution < -0.4 is 14.2 Å². The first-order chi connectivity index (χ1) is 17.1. The molecule has 0 aliphatic carbocycles.